The third-order valence-electron chi connectivity index (χ3n) is 3.52. The smallest absolute Gasteiger partial charge is 0.267 e. The maximum Gasteiger partial charge on any atom is 0.267 e. The van der Waals surface area contributed by atoms with Gasteiger partial charge in [-0.3, -0.25) is 9.52 Å². The Morgan fingerprint density at radius 2 is 1.91 bits per heavy atom. The van der Waals surface area contributed by atoms with Crippen molar-refractivity contribution in [2.45, 2.75) is 25.7 Å². The molecule has 8 heteroatoms. The predicted octanol–water partition coefficient (Wildman–Crippen LogP) is 2.24. The van der Waals surface area contributed by atoms with Gasteiger partial charge in [0.2, 0.25) is 0 Å². The van der Waals surface area contributed by atoms with Crippen LogP contribution in [0.2, 0.25) is 0 Å². The number of aromatic nitrogens is 2. The average molecular weight is 333 g/mol. The lowest BCUT2D eigenvalue weighted by Gasteiger charge is -2.08. The quantitative estimate of drug-likeness (QED) is 0.765. The molecular weight excluding hydrogens is 318 g/mol. The van der Waals surface area contributed by atoms with Crippen LogP contribution in [0.3, 0.4) is 0 Å². The summed E-state index contributed by atoms with van der Waals surface area (Å²) >= 11 is 0. The Bertz CT molecular complexity index is 1040. The number of hydrogen-bond donors (Lipinski definition) is 2. The molecule has 0 atom stereocenters. The molecule has 2 aromatic heterocycles. The van der Waals surface area contributed by atoms with E-state index in [0.717, 1.165) is 5.39 Å². The first kappa shape index (κ1) is 15.3. The van der Waals surface area contributed by atoms with E-state index in [9.17, 15) is 13.2 Å². The van der Waals surface area contributed by atoms with Crippen LogP contribution < -0.4 is 10.3 Å². The van der Waals surface area contributed by atoms with Crippen molar-refractivity contribution in [3.05, 3.63) is 51.6 Å². The van der Waals surface area contributed by atoms with Crippen LogP contribution in [-0.2, 0) is 10.0 Å². The van der Waals surface area contributed by atoms with E-state index in [1.807, 2.05) is 0 Å². The number of fused-ring (bicyclic) bond motifs is 1. The largest absolute Gasteiger partial charge is 0.360 e. The molecule has 0 bridgehead atoms. The van der Waals surface area contributed by atoms with Gasteiger partial charge in [-0.25, -0.2) is 8.42 Å². The second kappa shape index (κ2) is 5.24. The van der Waals surface area contributed by atoms with Crippen molar-refractivity contribution in [2.24, 2.45) is 0 Å². The van der Waals surface area contributed by atoms with Crippen LogP contribution in [0.15, 0.2) is 38.5 Å². The summed E-state index contributed by atoms with van der Waals surface area (Å²) in [5.41, 5.74) is 1.58. The van der Waals surface area contributed by atoms with Gasteiger partial charge in [0, 0.05) is 5.56 Å². The number of anilines is 1. The number of aromatic amines is 1. The van der Waals surface area contributed by atoms with Crippen LogP contribution in [0, 0.1) is 20.8 Å². The van der Waals surface area contributed by atoms with Gasteiger partial charge in [0.1, 0.15) is 5.69 Å². The second-order valence-corrected chi connectivity index (χ2v) is 6.96. The molecule has 3 aromatic rings. The number of rotatable bonds is 3. The molecule has 3 rings (SSSR count). The van der Waals surface area contributed by atoms with Crippen LogP contribution in [0.1, 0.15) is 17.0 Å². The molecule has 0 aliphatic carbocycles. The van der Waals surface area contributed by atoms with Gasteiger partial charge in [0.25, 0.3) is 15.6 Å². The molecule has 0 radical (unpaired) electrons. The van der Waals surface area contributed by atoms with Gasteiger partial charge in [-0.2, -0.15) is 0 Å². The number of H-pyrrole nitrogens is 1. The average Bonchev–Trinajstić information content (AvgIpc) is 2.80. The Kier molecular flexibility index (Phi) is 3.48. The molecule has 0 unspecified atom stereocenters. The minimum atomic E-state index is -3.82. The molecule has 0 saturated carbocycles. The number of sulfonamides is 1. The van der Waals surface area contributed by atoms with Gasteiger partial charge in [-0.05, 0) is 44.4 Å². The summed E-state index contributed by atoms with van der Waals surface area (Å²) in [4.78, 5) is 14.4. The standard InChI is InChI=1S/C15H15N3O4S/c1-8-6-11-4-5-12(7-13(11)16-15(8)19)18-23(20,21)14-9(2)17-22-10(14)3/h4-7,18H,1-3H3,(H,16,19). The number of hydrogen-bond acceptors (Lipinski definition) is 5. The summed E-state index contributed by atoms with van der Waals surface area (Å²) in [5.74, 6) is 0.222. The zero-order valence-electron chi connectivity index (χ0n) is 12.8. The Morgan fingerprint density at radius 1 is 1.17 bits per heavy atom. The van der Waals surface area contributed by atoms with Gasteiger partial charge in [0.15, 0.2) is 10.7 Å². The van der Waals surface area contributed by atoms with Crippen molar-refractivity contribution < 1.29 is 12.9 Å². The Hall–Kier alpha value is -2.61. The van der Waals surface area contributed by atoms with Crippen molar-refractivity contribution in [3.8, 4) is 0 Å². The SMILES string of the molecule is Cc1noc(C)c1S(=O)(=O)Nc1ccc2cc(C)c(=O)[nH]c2c1. The first-order valence-corrected chi connectivity index (χ1v) is 8.35. The molecule has 0 spiro atoms. The van der Waals surface area contributed by atoms with Crippen molar-refractivity contribution in [1.82, 2.24) is 10.1 Å². The number of pyridine rings is 1. The highest BCUT2D eigenvalue weighted by Crippen LogP contribution is 2.24. The third kappa shape index (κ3) is 2.72. The fraction of sp³-hybridized carbons (Fsp3) is 0.200. The Labute approximate surface area is 132 Å². The molecule has 7 nitrogen and oxygen atoms in total. The summed E-state index contributed by atoms with van der Waals surface area (Å²) in [6.45, 7) is 4.81. The van der Waals surface area contributed by atoms with Crippen molar-refractivity contribution in [3.63, 3.8) is 0 Å². The predicted molar refractivity (Wildman–Crippen MR) is 86.1 cm³/mol. The molecule has 1 aromatic carbocycles. The number of benzene rings is 1. The molecule has 120 valence electrons. The second-order valence-electron chi connectivity index (χ2n) is 5.34. The van der Waals surface area contributed by atoms with E-state index in [1.165, 1.54) is 6.92 Å². The number of nitrogens with one attached hydrogen (secondary N) is 2. The molecule has 0 aliphatic rings. The van der Waals surface area contributed by atoms with E-state index in [2.05, 4.69) is 14.9 Å². The van der Waals surface area contributed by atoms with Gasteiger partial charge >= 0.3 is 0 Å². The van der Waals surface area contributed by atoms with Crippen LogP contribution in [0.5, 0.6) is 0 Å². The highest BCUT2D eigenvalue weighted by atomic mass is 32.2. The maximum atomic E-state index is 12.5. The highest BCUT2D eigenvalue weighted by molar-refractivity contribution is 7.92. The van der Waals surface area contributed by atoms with Gasteiger partial charge < -0.3 is 9.51 Å². The summed E-state index contributed by atoms with van der Waals surface area (Å²) in [7, 11) is -3.82. The normalized spacial score (nSPS) is 11.8. The number of aryl methyl sites for hydroxylation is 3. The molecular formula is C15H15N3O4S. The first-order chi connectivity index (χ1) is 10.8. The first-order valence-electron chi connectivity index (χ1n) is 6.87. The van der Waals surface area contributed by atoms with Gasteiger partial charge in [-0.15, -0.1) is 0 Å². The topological polar surface area (TPSA) is 105 Å². The summed E-state index contributed by atoms with van der Waals surface area (Å²) in [6.07, 6.45) is 0. The molecule has 23 heavy (non-hydrogen) atoms. The zero-order valence-corrected chi connectivity index (χ0v) is 13.6. The summed E-state index contributed by atoms with van der Waals surface area (Å²) in [6, 6.07) is 6.70. The monoisotopic (exact) mass is 333 g/mol. The number of nitrogens with zero attached hydrogens (tertiary/aromatic N) is 1. The molecule has 0 aliphatic heterocycles. The van der Waals surface area contributed by atoms with E-state index in [-0.39, 0.29) is 16.2 Å². The fourth-order valence-electron chi connectivity index (χ4n) is 2.44. The minimum absolute atomic E-state index is 0.0231. The fourth-order valence-corrected chi connectivity index (χ4v) is 3.82. The van der Waals surface area contributed by atoms with Crippen molar-refractivity contribution in [1.29, 1.82) is 0 Å². The lowest BCUT2D eigenvalue weighted by atomic mass is 10.1. The molecule has 0 saturated heterocycles. The molecule has 0 amide bonds. The lowest BCUT2D eigenvalue weighted by molar-refractivity contribution is 0.390. The molecule has 2 N–H and O–H groups in total. The van der Waals surface area contributed by atoms with Gasteiger partial charge in [0.05, 0.1) is 11.2 Å². The highest BCUT2D eigenvalue weighted by Gasteiger charge is 2.24. The summed E-state index contributed by atoms with van der Waals surface area (Å²) < 4.78 is 32.3. The van der Waals surface area contributed by atoms with Crippen LogP contribution in [0.4, 0.5) is 5.69 Å². The maximum absolute atomic E-state index is 12.5. The van der Waals surface area contributed by atoms with Crippen molar-refractivity contribution >= 4 is 26.6 Å². The molecule has 0 fully saturated rings. The van der Waals surface area contributed by atoms with Crippen LogP contribution in [-0.4, -0.2) is 18.6 Å². The Morgan fingerprint density at radius 3 is 2.57 bits per heavy atom. The van der Waals surface area contributed by atoms with Crippen LogP contribution >= 0.6 is 0 Å². The zero-order chi connectivity index (χ0) is 16.8. The summed E-state index contributed by atoms with van der Waals surface area (Å²) in [5, 5.41) is 4.48. The lowest BCUT2D eigenvalue weighted by Crippen LogP contribution is -2.15. The Balaban J connectivity index is 2.05. The van der Waals surface area contributed by atoms with E-state index < -0.39 is 10.0 Å². The van der Waals surface area contributed by atoms with Crippen molar-refractivity contribution in [2.75, 3.05) is 4.72 Å². The van der Waals surface area contributed by atoms with Gasteiger partial charge in [-0.1, -0.05) is 11.2 Å². The third-order valence-corrected chi connectivity index (χ3v) is 5.15. The van der Waals surface area contributed by atoms with E-state index in [1.54, 1.807) is 38.1 Å². The van der Waals surface area contributed by atoms with E-state index in [0.29, 0.717) is 22.5 Å². The molecule has 2 heterocycles. The van der Waals surface area contributed by atoms with Crippen LogP contribution in [0.25, 0.3) is 10.9 Å². The van der Waals surface area contributed by atoms with E-state index in [4.69, 9.17) is 4.52 Å². The minimum Gasteiger partial charge on any atom is -0.360 e. The van der Waals surface area contributed by atoms with E-state index >= 15 is 0 Å².